The molecule has 0 bridgehead atoms. The fourth-order valence-corrected chi connectivity index (χ4v) is 0.636. The molecule has 0 aliphatic carbocycles. The minimum Gasteiger partial charge on any atom is -0.493 e. The van der Waals surface area contributed by atoms with E-state index in [-0.39, 0.29) is 5.60 Å². The lowest BCUT2D eigenvalue weighted by atomic mass is 10.2. The highest BCUT2D eigenvalue weighted by molar-refractivity contribution is 4.92. The molecular weight excluding hydrogens is 124 g/mol. The summed E-state index contributed by atoms with van der Waals surface area (Å²) in [6.45, 7) is 13.3. The number of rotatable bonds is 3. The Morgan fingerprint density at radius 1 is 1.50 bits per heavy atom. The molecule has 0 aromatic heterocycles. The molecule has 58 valence electrons. The predicted molar refractivity (Wildman–Crippen MR) is 44.8 cm³/mol. The Kier molecular flexibility index (Phi) is 3.20. The maximum Gasteiger partial charge on any atom is 0.100 e. The van der Waals surface area contributed by atoms with Crippen LogP contribution in [0.2, 0.25) is 0 Å². The van der Waals surface area contributed by atoms with Crippen LogP contribution in [-0.4, -0.2) is 5.60 Å². The van der Waals surface area contributed by atoms with Gasteiger partial charge in [0, 0.05) is 6.42 Å². The third kappa shape index (κ3) is 5.42. The Morgan fingerprint density at radius 2 is 2.00 bits per heavy atom. The van der Waals surface area contributed by atoms with E-state index in [9.17, 15) is 0 Å². The Bertz CT molecular complexity index is 128. The quantitative estimate of drug-likeness (QED) is 0.432. The van der Waals surface area contributed by atoms with Crippen molar-refractivity contribution >= 4 is 0 Å². The van der Waals surface area contributed by atoms with Crippen molar-refractivity contribution in [1.29, 1.82) is 0 Å². The summed E-state index contributed by atoms with van der Waals surface area (Å²) in [6.07, 6.45) is 2.52. The Morgan fingerprint density at radius 3 is 2.30 bits per heavy atom. The second kappa shape index (κ2) is 3.45. The molecule has 1 nitrogen and oxygen atoms in total. The molecule has 0 unspecified atom stereocenters. The van der Waals surface area contributed by atoms with Crippen molar-refractivity contribution in [2.24, 2.45) is 0 Å². The number of allylic oxidation sites excluding steroid dienone is 1. The summed E-state index contributed by atoms with van der Waals surface area (Å²) >= 11 is 0. The van der Waals surface area contributed by atoms with Crippen LogP contribution in [0.3, 0.4) is 0 Å². The van der Waals surface area contributed by atoms with Gasteiger partial charge in [0.2, 0.25) is 0 Å². The van der Waals surface area contributed by atoms with Crippen molar-refractivity contribution in [3.63, 3.8) is 0 Å². The van der Waals surface area contributed by atoms with Crippen molar-refractivity contribution in [2.75, 3.05) is 0 Å². The van der Waals surface area contributed by atoms with E-state index in [1.807, 2.05) is 20.8 Å². The van der Waals surface area contributed by atoms with Crippen molar-refractivity contribution in [2.45, 2.75) is 32.8 Å². The van der Waals surface area contributed by atoms with Gasteiger partial charge in [0.1, 0.15) is 5.60 Å². The summed E-state index contributed by atoms with van der Waals surface area (Å²) in [5.41, 5.74) is -0.125. The Labute approximate surface area is 63.4 Å². The van der Waals surface area contributed by atoms with E-state index in [1.165, 1.54) is 0 Å². The van der Waals surface area contributed by atoms with Gasteiger partial charge in [0.05, 0.1) is 5.76 Å². The SMILES string of the molecule is C=CCC(=C)OC(C)(C)C. The minimum atomic E-state index is -0.125. The lowest BCUT2D eigenvalue weighted by Crippen LogP contribution is -2.18. The largest absolute Gasteiger partial charge is 0.493 e. The molecule has 0 fully saturated rings. The molecule has 0 aliphatic rings. The number of ether oxygens (including phenoxy) is 1. The molecule has 10 heavy (non-hydrogen) atoms. The lowest BCUT2D eigenvalue weighted by Gasteiger charge is -2.22. The van der Waals surface area contributed by atoms with Gasteiger partial charge in [-0.2, -0.15) is 0 Å². The van der Waals surface area contributed by atoms with Crippen LogP contribution < -0.4 is 0 Å². The Hall–Kier alpha value is -0.720. The van der Waals surface area contributed by atoms with E-state index in [0.29, 0.717) is 0 Å². The average molecular weight is 140 g/mol. The van der Waals surface area contributed by atoms with E-state index in [1.54, 1.807) is 6.08 Å². The van der Waals surface area contributed by atoms with Gasteiger partial charge in [-0.1, -0.05) is 12.7 Å². The summed E-state index contributed by atoms with van der Waals surface area (Å²) in [7, 11) is 0. The fraction of sp³-hybridized carbons (Fsp3) is 0.556. The van der Waals surface area contributed by atoms with Gasteiger partial charge in [0.25, 0.3) is 0 Å². The fourth-order valence-electron chi connectivity index (χ4n) is 0.636. The lowest BCUT2D eigenvalue weighted by molar-refractivity contribution is 0.0507. The predicted octanol–water partition coefficient (Wildman–Crippen LogP) is 2.89. The number of hydrogen-bond donors (Lipinski definition) is 0. The smallest absolute Gasteiger partial charge is 0.100 e. The second-order valence-electron chi connectivity index (χ2n) is 3.25. The van der Waals surface area contributed by atoms with Gasteiger partial charge in [-0.15, -0.1) is 6.58 Å². The zero-order valence-corrected chi connectivity index (χ0v) is 7.11. The Balaban J connectivity index is 3.68. The summed E-state index contributed by atoms with van der Waals surface area (Å²) < 4.78 is 5.41. The normalized spacial score (nSPS) is 10.7. The van der Waals surface area contributed by atoms with Crippen LogP contribution >= 0.6 is 0 Å². The molecule has 0 rings (SSSR count). The monoisotopic (exact) mass is 140 g/mol. The molecule has 0 spiro atoms. The van der Waals surface area contributed by atoms with Gasteiger partial charge in [-0.05, 0) is 20.8 Å². The maximum atomic E-state index is 5.41. The molecule has 0 N–H and O–H groups in total. The summed E-state index contributed by atoms with van der Waals surface area (Å²) in [6, 6.07) is 0. The van der Waals surface area contributed by atoms with Gasteiger partial charge >= 0.3 is 0 Å². The highest BCUT2D eigenvalue weighted by Crippen LogP contribution is 2.14. The van der Waals surface area contributed by atoms with E-state index in [0.717, 1.165) is 12.2 Å². The molecule has 0 aromatic rings. The van der Waals surface area contributed by atoms with Crippen LogP contribution in [0.4, 0.5) is 0 Å². The standard InChI is InChI=1S/C9H16O/c1-6-7-8(2)10-9(3,4)5/h6H,1-2,7H2,3-5H3. The molecule has 0 radical (unpaired) electrons. The molecular formula is C9H16O. The van der Waals surface area contributed by atoms with Crippen molar-refractivity contribution < 1.29 is 4.74 Å². The summed E-state index contributed by atoms with van der Waals surface area (Å²) in [4.78, 5) is 0. The van der Waals surface area contributed by atoms with Crippen molar-refractivity contribution in [3.8, 4) is 0 Å². The topological polar surface area (TPSA) is 9.23 Å². The average Bonchev–Trinajstić information content (AvgIpc) is 1.59. The van der Waals surface area contributed by atoms with Crippen LogP contribution in [0.15, 0.2) is 25.0 Å². The van der Waals surface area contributed by atoms with E-state index >= 15 is 0 Å². The van der Waals surface area contributed by atoms with E-state index in [2.05, 4.69) is 13.2 Å². The van der Waals surface area contributed by atoms with Crippen LogP contribution in [0.5, 0.6) is 0 Å². The van der Waals surface area contributed by atoms with Crippen LogP contribution in [0.25, 0.3) is 0 Å². The van der Waals surface area contributed by atoms with E-state index in [4.69, 9.17) is 4.74 Å². The number of hydrogen-bond acceptors (Lipinski definition) is 1. The first kappa shape index (κ1) is 9.28. The van der Waals surface area contributed by atoms with Crippen molar-refractivity contribution in [3.05, 3.63) is 25.0 Å². The molecule has 1 heteroatoms. The molecule has 0 amide bonds. The first-order valence-electron chi connectivity index (χ1n) is 3.43. The highest BCUT2D eigenvalue weighted by atomic mass is 16.5. The maximum absolute atomic E-state index is 5.41. The van der Waals surface area contributed by atoms with Gasteiger partial charge in [0.15, 0.2) is 0 Å². The molecule has 0 aliphatic heterocycles. The first-order valence-corrected chi connectivity index (χ1v) is 3.43. The second-order valence-corrected chi connectivity index (χ2v) is 3.25. The molecule has 0 aromatic carbocycles. The molecule has 0 atom stereocenters. The molecule has 0 saturated carbocycles. The van der Waals surface area contributed by atoms with Crippen LogP contribution in [0, 0.1) is 0 Å². The molecule has 0 saturated heterocycles. The van der Waals surface area contributed by atoms with Gasteiger partial charge in [-0.25, -0.2) is 0 Å². The van der Waals surface area contributed by atoms with Gasteiger partial charge in [-0.3, -0.25) is 0 Å². The summed E-state index contributed by atoms with van der Waals surface area (Å²) in [5, 5.41) is 0. The first-order chi connectivity index (χ1) is 4.45. The highest BCUT2D eigenvalue weighted by Gasteiger charge is 2.10. The van der Waals surface area contributed by atoms with E-state index < -0.39 is 0 Å². The molecule has 0 heterocycles. The van der Waals surface area contributed by atoms with Crippen molar-refractivity contribution in [1.82, 2.24) is 0 Å². The zero-order valence-electron chi connectivity index (χ0n) is 7.11. The van der Waals surface area contributed by atoms with Crippen LogP contribution in [-0.2, 0) is 4.74 Å². The minimum absolute atomic E-state index is 0.125. The third-order valence-corrected chi connectivity index (χ3v) is 0.823. The summed E-state index contributed by atoms with van der Waals surface area (Å²) in [5.74, 6) is 0.780. The third-order valence-electron chi connectivity index (χ3n) is 0.823. The van der Waals surface area contributed by atoms with Gasteiger partial charge < -0.3 is 4.74 Å². The zero-order chi connectivity index (χ0) is 8.20. The van der Waals surface area contributed by atoms with Crippen LogP contribution in [0.1, 0.15) is 27.2 Å².